The molecule has 0 radical (unpaired) electrons. The maximum absolute atomic E-state index is 7.04. The van der Waals surface area contributed by atoms with Gasteiger partial charge in [0.1, 0.15) is 24.7 Å². The Hall–Kier alpha value is -3.30. The lowest BCUT2D eigenvalue weighted by Crippen LogP contribution is -2.48. The summed E-state index contributed by atoms with van der Waals surface area (Å²) < 4.78 is 34.2. The van der Waals surface area contributed by atoms with Gasteiger partial charge in [-0.05, 0) is 66.1 Å². The average molecular weight is 692 g/mol. The van der Waals surface area contributed by atoms with E-state index >= 15 is 0 Å². The molecule has 1 N–H and O–H groups in total. The van der Waals surface area contributed by atoms with Crippen LogP contribution in [0.15, 0.2) is 60.9 Å². The molecule has 0 spiro atoms. The number of benzene rings is 2. The van der Waals surface area contributed by atoms with Crippen LogP contribution < -0.4 is 14.8 Å². The highest BCUT2D eigenvalue weighted by molar-refractivity contribution is 6.74. The van der Waals surface area contributed by atoms with Crippen LogP contribution in [0.2, 0.25) is 36.3 Å². The van der Waals surface area contributed by atoms with Gasteiger partial charge in [-0.25, -0.2) is 4.98 Å². The molecule has 10 nitrogen and oxygen atoms in total. The second-order valence-corrected chi connectivity index (χ2v) is 25.2. The van der Waals surface area contributed by atoms with Gasteiger partial charge in [0, 0.05) is 12.1 Å². The number of nitrogens with one attached hydrogen (secondary N) is 1. The van der Waals surface area contributed by atoms with Crippen molar-refractivity contribution < 1.29 is 23.1 Å². The number of nitrogens with zero attached hydrogens (tertiary/aromatic N) is 4. The fourth-order valence-electron chi connectivity index (χ4n) is 4.99. The first-order chi connectivity index (χ1) is 22.5. The molecule has 12 heteroatoms. The fraction of sp³-hybridized carbons (Fsp3) is 0.528. The van der Waals surface area contributed by atoms with Gasteiger partial charge < -0.3 is 28.4 Å². The predicted molar refractivity (Wildman–Crippen MR) is 196 cm³/mol. The molecule has 0 saturated carbocycles. The molecule has 1 aliphatic rings. The summed E-state index contributed by atoms with van der Waals surface area (Å²) in [5.41, 5.74) is 3.03. The Bertz CT molecular complexity index is 1670. The molecular weight excluding hydrogens is 639 g/mol. The second-order valence-electron chi connectivity index (χ2n) is 15.7. The number of methoxy groups -OCH3 is 1. The van der Waals surface area contributed by atoms with Crippen LogP contribution in [-0.2, 0) is 20.2 Å². The van der Waals surface area contributed by atoms with E-state index in [2.05, 4.69) is 73.0 Å². The lowest BCUT2D eigenvalue weighted by atomic mass is 10.2. The van der Waals surface area contributed by atoms with Crippen molar-refractivity contribution in [3.05, 3.63) is 66.5 Å². The first-order valence-corrected chi connectivity index (χ1v) is 22.6. The molecule has 1 aliphatic heterocycles. The molecule has 2 aromatic carbocycles. The molecule has 1 saturated heterocycles. The van der Waals surface area contributed by atoms with Crippen molar-refractivity contribution >= 4 is 39.4 Å². The lowest BCUT2D eigenvalue weighted by Gasteiger charge is -2.40. The van der Waals surface area contributed by atoms with Gasteiger partial charge in [-0.3, -0.25) is 4.57 Å². The van der Waals surface area contributed by atoms with Crippen LogP contribution in [0.25, 0.3) is 11.2 Å². The van der Waals surface area contributed by atoms with Crippen molar-refractivity contribution in [2.75, 3.05) is 19.0 Å². The van der Waals surface area contributed by atoms with Crippen molar-refractivity contribution in [2.45, 2.75) is 109 Å². The molecule has 3 atom stereocenters. The van der Waals surface area contributed by atoms with E-state index in [9.17, 15) is 0 Å². The molecule has 1 fully saturated rings. The highest BCUT2D eigenvalue weighted by Gasteiger charge is 2.47. The Morgan fingerprint density at radius 1 is 0.896 bits per heavy atom. The third-order valence-corrected chi connectivity index (χ3v) is 19.1. The largest absolute Gasteiger partial charge is 0.497 e. The van der Waals surface area contributed by atoms with E-state index in [-0.39, 0.29) is 28.5 Å². The minimum Gasteiger partial charge on any atom is -0.497 e. The van der Waals surface area contributed by atoms with Gasteiger partial charge in [-0.2, -0.15) is 9.97 Å². The molecule has 0 unspecified atom stereocenters. The summed E-state index contributed by atoms with van der Waals surface area (Å²) in [4.78, 5) is 14.5. The Morgan fingerprint density at radius 3 is 2.19 bits per heavy atom. The number of ether oxygens (including phenoxy) is 3. The zero-order valence-corrected chi connectivity index (χ0v) is 32.5. The highest BCUT2D eigenvalue weighted by atomic mass is 28.4. The molecule has 260 valence electrons. The SMILES string of the molecule is COc1ccc(Nc2nc(OCc3ccccc3)c3ncn([C@H]4C[C@H](O[Si](C)(C)C(C)(C)C)[C@@H](CO[Si](C)(C)C(C)(C)C)O4)c3n2)cc1. The molecule has 5 rings (SSSR count). The van der Waals surface area contributed by atoms with Crippen LogP contribution in [0.1, 0.15) is 59.8 Å². The maximum Gasteiger partial charge on any atom is 0.247 e. The summed E-state index contributed by atoms with van der Waals surface area (Å²) in [5.74, 6) is 1.55. The van der Waals surface area contributed by atoms with E-state index in [0.717, 1.165) is 17.0 Å². The topological polar surface area (TPSA) is 102 Å². The summed E-state index contributed by atoms with van der Waals surface area (Å²) in [7, 11) is -2.49. The summed E-state index contributed by atoms with van der Waals surface area (Å²) in [5, 5.41) is 3.47. The van der Waals surface area contributed by atoms with Crippen LogP contribution in [-0.4, -0.2) is 62.1 Å². The molecular formula is C36H53N5O5Si2. The van der Waals surface area contributed by atoms with Crippen LogP contribution >= 0.6 is 0 Å². The van der Waals surface area contributed by atoms with Gasteiger partial charge in [0.2, 0.25) is 11.8 Å². The second kappa shape index (κ2) is 13.9. The highest BCUT2D eigenvalue weighted by Crippen LogP contribution is 2.43. The summed E-state index contributed by atoms with van der Waals surface area (Å²) in [6, 6.07) is 17.6. The zero-order valence-electron chi connectivity index (χ0n) is 30.5. The number of hydrogen-bond donors (Lipinski definition) is 1. The van der Waals surface area contributed by atoms with Crippen LogP contribution in [0, 0.1) is 0 Å². The van der Waals surface area contributed by atoms with Crippen molar-refractivity contribution in [3.63, 3.8) is 0 Å². The number of rotatable bonds is 12. The maximum atomic E-state index is 7.04. The number of anilines is 2. The van der Waals surface area contributed by atoms with E-state index in [4.69, 9.17) is 38.0 Å². The first-order valence-electron chi connectivity index (χ1n) is 16.8. The average Bonchev–Trinajstić information content (AvgIpc) is 3.62. The van der Waals surface area contributed by atoms with E-state index in [1.54, 1.807) is 13.4 Å². The van der Waals surface area contributed by atoms with E-state index in [1.165, 1.54) is 0 Å². The molecule has 4 aromatic rings. The van der Waals surface area contributed by atoms with Crippen LogP contribution in [0.5, 0.6) is 11.6 Å². The third-order valence-electron chi connectivity index (χ3n) is 10.1. The molecule has 3 heterocycles. The molecule has 0 amide bonds. The molecule has 0 bridgehead atoms. The van der Waals surface area contributed by atoms with Gasteiger partial charge in [-0.1, -0.05) is 71.9 Å². The zero-order chi connectivity index (χ0) is 34.9. The normalized spacial score (nSPS) is 19.1. The van der Waals surface area contributed by atoms with E-state index < -0.39 is 16.6 Å². The Morgan fingerprint density at radius 2 is 1.56 bits per heavy atom. The van der Waals surface area contributed by atoms with Gasteiger partial charge in [0.05, 0.1) is 26.1 Å². The number of hydrogen-bond acceptors (Lipinski definition) is 9. The van der Waals surface area contributed by atoms with Crippen molar-refractivity contribution in [2.24, 2.45) is 0 Å². The number of aromatic nitrogens is 4. The molecule has 2 aromatic heterocycles. The standard InChI is InChI=1S/C36H53N5O5Si2/c1-35(2,3)47(8,9)44-23-29-28(46-48(10,11)36(4,5)6)21-30(45-29)41-24-37-31-32(41)39-34(38-26-17-19-27(42-7)20-18-26)40-33(31)43-22-25-15-13-12-14-16-25/h12-20,24,28-30H,21-23H2,1-11H3,(H,38,39,40)/t28-,29+,30+/m0/s1. The number of fused-ring (bicyclic) bond motifs is 1. The van der Waals surface area contributed by atoms with Gasteiger partial charge in [-0.15, -0.1) is 0 Å². The van der Waals surface area contributed by atoms with Crippen molar-refractivity contribution in [3.8, 4) is 11.6 Å². The Labute approximate surface area is 287 Å². The van der Waals surface area contributed by atoms with Gasteiger partial charge in [0.15, 0.2) is 27.8 Å². The summed E-state index contributed by atoms with van der Waals surface area (Å²) in [6.07, 6.45) is 1.70. The van der Waals surface area contributed by atoms with Gasteiger partial charge >= 0.3 is 0 Å². The van der Waals surface area contributed by atoms with Gasteiger partial charge in [0.25, 0.3) is 0 Å². The van der Waals surface area contributed by atoms with E-state index in [1.807, 2.05) is 59.2 Å². The van der Waals surface area contributed by atoms with Crippen molar-refractivity contribution in [1.82, 2.24) is 19.5 Å². The van der Waals surface area contributed by atoms with E-state index in [0.29, 0.717) is 42.6 Å². The third kappa shape index (κ3) is 8.11. The monoisotopic (exact) mass is 691 g/mol. The summed E-state index contributed by atoms with van der Waals surface area (Å²) >= 11 is 0. The molecule has 48 heavy (non-hydrogen) atoms. The summed E-state index contributed by atoms with van der Waals surface area (Å²) in [6.45, 7) is 23.5. The minimum absolute atomic E-state index is 0.0534. The first kappa shape index (κ1) is 36.0. The minimum atomic E-state index is -2.12. The molecule has 0 aliphatic carbocycles. The fourth-order valence-corrected chi connectivity index (χ4v) is 7.37. The van der Waals surface area contributed by atoms with Crippen LogP contribution in [0.3, 0.4) is 0 Å². The predicted octanol–water partition coefficient (Wildman–Crippen LogP) is 8.86. The van der Waals surface area contributed by atoms with Crippen molar-refractivity contribution in [1.29, 1.82) is 0 Å². The number of imidazole rings is 1. The Balaban J connectivity index is 1.49. The van der Waals surface area contributed by atoms with Crippen LogP contribution in [0.4, 0.5) is 11.6 Å². The Kier molecular flexibility index (Phi) is 10.4. The quantitative estimate of drug-likeness (QED) is 0.146. The lowest BCUT2D eigenvalue weighted by molar-refractivity contribution is -0.0383. The smallest absolute Gasteiger partial charge is 0.247 e.